The van der Waals surface area contributed by atoms with Gasteiger partial charge >= 0.3 is 0 Å². The molecule has 2 fully saturated rings. The van der Waals surface area contributed by atoms with Crippen LogP contribution >= 0.6 is 11.6 Å². The highest BCUT2D eigenvalue weighted by Crippen LogP contribution is 2.31. The number of carbonyl (C=O) groups is 1. The highest BCUT2D eigenvalue weighted by atomic mass is 35.5. The molecule has 3 unspecified atom stereocenters. The van der Waals surface area contributed by atoms with Crippen molar-refractivity contribution >= 4 is 17.5 Å². The molecule has 0 aromatic carbocycles. The number of nitrogens with zero attached hydrogens (tertiary/aromatic N) is 1. The number of aromatic nitrogens is 1. The number of pyridine rings is 1. The largest absolute Gasteiger partial charge is 0.346 e. The molecule has 1 saturated carbocycles. The maximum absolute atomic E-state index is 13.2. The zero-order chi connectivity index (χ0) is 12.7. The van der Waals surface area contributed by atoms with E-state index in [2.05, 4.69) is 15.6 Å². The molecule has 1 aromatic rings. The zero-order valence-corrected chi connectivity index (χ0v) is 10.4. The van der Waals surface area contributed by atoms with Gasteiger partial charge in [0.05, 0.1) is 5.02 Å². The number of nitrogens with one attached hydrogen (secondary N) is 2. The number of hydrogen-bond acceptors (Lipinski definition) is 3. The summed E-state index contributed by atoms with van der Waals surface area (Å²) >= 11 is 5.53. The number of rotatable bonds is 2. The number of amides is 1. The Morgan fingerprint density at radius 2 is 2.39 bits per heavy atom. The first-order chi connectivity index (χ1) is 8.63. The minimum absolute atomic E-state index is 0.0691. The molecule has 18 heavy (non-hydrogen) atoms. The van der Waals surface area contributed by atoms with E-state index in [1.54, 1.807) is 0 Å². The Bertz CT molecular complexity index is 496. The molecule has 4 nitrogen and oxygen atoms in total. The average molecular weight is 270 g/mol. The molecule has 1 saturated heterocycles. The molecular formula is C12H13ClFN3O. The van der Waals surface area contributed by atoms with Crippen molar-refractivity contribution in [3.05, 3.63) is 28.8 Å². The lowest BCUT2D eigenvalue weighted by molar-refractivity contribution is 0.0923. The molecule has 3 atom stereocenters. The molecule has 1 aliphatic heterocycles. The standard InChI is InChI=1S/C12H13ClFN3O/c13-7-5-16-11(3-8(7)14)12(18)17-10-2-6-1-9(10)15-4-6/h3,5-6,9-10,15H,1-2,4H2,(H,17,18). The van der Waals surface area contributed by atoms with E-state index in [9.17, 15) is 9.18 Å². The van der Waals surface area contributed by atoms with E-state index < -0.39 is 5.82 Å². The fraction of sp³-hybridized carbons (Fsp3) is 0.500. The third-order valence-corrected chi connectivity index (χ3v) is 3.96. The van der Waals surface area contributed by atoms with Gasteiger partial charge in [0, 0.05) is 24.3 Å². The third kappa shape index (κ3) is 2.08. The van der Waals surface area contributed by atoms with Gasteiger partial charge in [-0.25, -0.2) is 9.37 Å². The van der Waals surface area contributed by atoms with Crippen molar-refractivity contribution in [2.24, 2.45) is 5.92 Å². The molecule has 2 bridgehead atoms. The predicted molar refractivity (Wildman–Crippen MR) is 65.0 cm³/mol. The van der Waals surface area contributed by atoms with Gasteiger partial charge in [-0.2, -0.15) is 0 Å². The molecule has 1 aromatic heterocycles. The van der Waals surface area contributed by atoms with Crippen LogP contribution in [-0.4, -0.2) is 29.5 Å². The molecule has 2 N–H and O–H groups in total. The molecule has 2 aliphatic rings. The second kappa shape index (κ2) is 4.48. The topological polar surface area (TPSA) is 54.0 Å². The highest BCUT2D eigenvalue weighted by molar-refractivity contribution is 6.30. The maximum Gasteiger partial charge on any atom is 0.270 e. The maximum atomic E-state index is 13.2. The van der Waals surface area contributed by atoms with Gasteiger partial charge in [-0.05, 0) is 25.3 Å². The van der Waals surface area contributed by atoms with E-state index in [0.29, 0.717) is 12.0 Å². The highest BCUT2D eigenvalue weighted by Gasteiger charge is 2.40. The van der Waals surface area contributed by atoms with E-state index in [1.165, 1.54) is 0 Å². The second-order valence-electron chi connectivity index (χ2n) is 4.92. The number of fused-ring (bicyclic) bond motifs is 2. The van der Waals surface area contributed by atoms with Gasteiger partial charge in [0.1, 0.15) is 11.5 Å². The fourth-order valence-electron chi connectivity index (χ4n) is 2.79. The Labute approximate surface area is 109 Å². The zero-order valence-electron chi connectivity index (χ0n) is 9.62. The third-order valence-electron chi connectivity index (χ3n) is 3.69. The fourth-order valence-corrected chi connectivity index (χ4v) is 2.90. The number of hydrogen-bond donors (Lipinski definition) is 2. The molecule has 0 spiro atoms. The van der Waals surface area contributed by atoms with E-state index in [-0.39, 0.29) is 22.7 Å². The van der Waals surface area contributed by atoms with Gasteiger partial charge < -0.3 is 10.6 Å². The Kier molecular flexibility index (Phi) is 2.95. The van der Waals surface area contributed by atoms with Crippen molar-refractivity contribution in [1.82, 2.24) is 15.6 Å². The van der Waals surface area contributed by atoms with E-state index >= 15 is 0 Å². The second-order valence-corrected chi connectivity index (χ2v) is 5.32. The minimum Gasteiger partial charge on any atom is -0.346 e. The van der Waals surface area contributed by atoms with Gasteiger partial charge in [0.2, 0.25) is 0 Å². The van der Waals surface area contributed by atoms with Crippen molar-refractivity contribution in [1.29, 1.82) is 0 Å². The van der Waals surface area contributed by atoms with Crippen LogP contribution in [0, 0.1) is 11.7 Å². The number of carbonyl (C=O) groups excluding carboxylic acids is 1. The molecule has 1 aliphatic carbocycles. The van der Waals surface area contributed by atoms with E-state index in [1.807, 2.05) is 0 Å². The van der Waals surface area contributed by atoms with Crippen molar-refractivity contribution in [2.45, 2.75) is 24.9 Å². The Balaban J connectivity index is 1.69. The smallest absolute Gasteiger partial charge is 0.270 e. The lowest BCUT2D eigenvalue weighted by atomic mass is 10.1. The summed E-state index contributed by atoms with van der Waals surface area (Å²) in [5, 5.41) is 6.18. The van der Waals surface area contributed by atoms with Crippen LogP contribution in [0.15, 0.2) is 12.3 Å². The summed E-state index contributed by atoms with van der Waals surface area (Å²) in [5.74, 6) is -0.317. The normalized spacial score (nSPS) is 29.6. The number of piperidine rings is 1. The van der Waals surface area contributed by atoms with Crippen LogP contribution in [0.4, 0.5) is 4.39 Å². The molecule has 1 amide bonds. The Hall–Kier alpha value is -1.20. The Morgan fingerprint density at radius 3 is 3.00 bits per heavy atom. The Morgan fingerprint density at radius 1 is 1.56 bits per heavy atom. The first-order valence-electron chi connectivity index (χ1n) is 5.99. The summed E-state index contributed by atoms with van der Waals surface area (Å²) in [6, 6.07) is 1.53. The first kappa shape index (κ1) is 11.9. The first-order valence-corrected chi connectivity index (χ1v) is 6.36. The molecular weight excluding hydrogens is 257 g/mol. The van der Waals surface area contributed by atoms with Crippen LogP contribution < -0.4 is 10.6 Å². The average Bonchev–Trinajstić information content (AvgIpc) is 2.94. The summed E-state index contributed by atoms with van der Waals surface area (Å²) in [7, 11) is 0. The van der Waals surface area contributed by atoms with Crippen molar-refractivity contribution in [3.63, 3.8) is 0 Å². The minimum atomic E-state index is -0.622. The van der Waals surface area contributed by atoms with Crippen molar-refractivity contribution in [2.75, 3.05) is 6.54 Å². The van der Waals surface area contributed by atoms with Crippen LogP contribution in [0.25, 0.3) is 0 Å². The molecule has 6 heteroatoms. The van der Waals surface area contributed by atoms with Crippen LogP contribution in [0.1, 0.15) is 23.3 Å². The SMILES string of the molecule is O=C(NC1CC2CNC1C2)c1cc(F)c(Cl)cn1. The lowest BCUT2D eigenvalue weighted by Gasteiger charge is -2.23. The molecule has 3 rings (SSSR count). The number of halogens is 2. The van der Waals surface area contributed by atoms with Crippen LogP contribution in [-0.2, 0) is 0 Å². The van der Waals surface area contributed by atoms with Gasteiger partial charge in [0.25, 0.3) is 5.91 Å². The summed E-state index contributed by atoms with van der Waals surface area (Å²) < 4.78 is 13.2. The lowest BCUT2D eigenvalue weighted by Crippen LogP contribution is -2.48. The predicted octanol–water partition coefficient (Wildman–Crippen LogP) is 1.35. The van der Waals surface area contributed by atoms with E-state index in [0.717, 1.165) is 31.6 Å². The molecule has 2 heterocycles. The van der Waals surface area contributed by atoms with Crippen LogP contribution in [0.5, 0.6) is 0 Å². The van der Waals surface area contributed by atoms with Crippen LogP contribution in [0.3, 0.4) is 0 Å². The summed E-state index contributed by atoms with van der Waals surface area (Å²) in [6.07, 6.45) is 3.25. The van der Waals surface area contributed by atoms with Crippen LogP contribution in [0.2, 0.25) is 5.02 Å². The van der Waals surface area contributed by atoms with Gasteiger partial charge in [0.15, 0.2) is 0 Å². The quantitative estimate of drug-likeness (QED) is 0.852. The molecule has 0 radical (unpaired) electrons. The summed E-state index contributed by atoms with van der Waals surface area (Å²) in [6.45, 7) is 1.03. The monoisotopic (exact) mass is 269 g/mol. The summed E-state index contributed by atoms with van der Waals surface area (Å²) in [4.78, 5) is 15.8. The molecule has 96 valence electrons. The van der Waals surface area contributed by atoms with E-state index in [4.69, 9.17) is 11.6 Å². The van der Waals surface area contributed by atoms with Gasteiger partial charge in [-0.3, -0.25) is 4.79 Å². The van der Waals surface area contributed by atoms with Crippen molar-refractivity contribution in [3.8, 4) is 0 Å². The summed E-state index contributed by atoms with van der Waals surface area (Å²) in [5.41, 5.74) is 0.0691. The van der Waals surface area contributed by atoms with Gasteiger partial charge in [-0.1, -0.05) is 11.6 Å². The van der Waals surface area contributed by atoms with Crippen molar-refractivity contribution < 1.29 is 9.18 Å². The van der Waals surface area contributed by atoms with Gasteiger partial charge in [-0.15, -0.1) is 0 Å².